The number of aromatic carboxylic acids is 1. The third-order valence-electron chi connectivity index (χ3n) is 3.06. The van der Waals surface area contributed by atoms with E-state index in [1.54, 1.807) is 0 Å². The van der Waals surface area contributed by atoms with Gasteiger partial charge in [0.2, 0.25) is 5.91 Å². The SMILES string of the molecule is CC(=O)Nc1ccc(OC(=O)c2c(C(=O)O)cccc2[N+](=O)[O-])cc1. The number of nitrogens with one attached hydrogen (secondary N) is 1. The molecule has 0 saturated heterocycles. The number of benzene rings is 2. The second-order valence-electron chi connectivity index (χ2n) is 4.86. The van der Waals surface area contributed by atoms with Crippen LogP contribution < -0.4 is 10.1 Å². The summed E-state index contributed by atoms with van der Waals surface area (Å²) in [5.74, 6) is -2.90. The number of hydrogen-bond acceptors (Lipinski definition) is 6. The van der Waals surface area contributed by atoms with Crippen molar-refractivity contribution in [1.29, 1.82) is 0 Å². The highest BCUT2D eigenvalue weighted by Gasteiger charge is 2.28. The van der Waals surface area contributed by atoms with E-state index in [-0.39, 0.29) is 11.7 Å². The first-order valence-corrected chi connectivity index (χ1v) is 6.90. The van der Waals surface area contributed by atoms with E-state index < -0.39 is 33.7 Å². The van der Waals surface area contributed by atoms with Crippen LogP contribution in [0.15, 0.2) is 42.5 Å². The van der Waals surface area contributed by atoms with E-state index in [4.69, 9.17) is 9.84 Å². The second kappa shape index (κ2) is 7.21. The Morgan fingerprint density at radius 3 is 2.28 bits per heavy atom. The topological polar surface area (TPSA) is 136 Å². The highest BCUT2D eigenvalue weighted by atomic mass is 16.6. The van der Waals surface area contributed by atoms with Crippen LogP contribution in [0.1, 0.15) is 27.6 Å². The summed E-state index contributed by atoms with van der Waals surface area (Å²) in [5.41, 5.74) is -1.39. The summed E-state index contributed by atoms with van der Waals surface area (Å²) >= 11 is 0. The Hall–Kier alpha value is -3.75. The predicted octanol–water partition coefficient (Wildman–Crippen LogP) is 2.47. The molecule has 0 aromatic heterocycles. The number of carboxylic acids is 1. The summed E-state index contributed by atoms with van der Waals surface area (Å²) < 4.78 is 5.02. The lowest BCUT2D eigenvalue weighted by atomic mass is 10.1. The summed E-state index contributed by atoms with van der Waals surface area (Å²) in [7, 11) is 0. The van der Waals surface area contributed by atoms with Crippen LogP contribution >= 0.6 is 0 Å². The maximum absolute atomic E-state index is 12.3. The maximum Gasteiger partial charge on any atom is 0.351 e. The van der Waals surface area contributed by atoms with E-state index in [1.165, 1.54) is 37.3 Å². The van der Waals surface area contributed by atoms with Crippen molar-refractivity contribution in [2.75, 3.05) is 5.32 Å². The molecule has 2 aromatic rings. The molecule has 0 aliphatic rings. The summed E-state index contributed by atoms with van der Waals surface area (Å²) in [6.07, 6.45) is 0. The lowest BCUT2D eigenvalue weighted by Gasteiger charge is -2.08. The molecule has 0 bridgehead atoms. The molecule has 9 nitrogen and oxygen atoms in total. The molecule has 0 aliphatic carbocycles. The number of ether oxygens (including phenoxy) is 1. The quantitative estimate of drug-likeness (QED) is 0.368. The van der Waals surface area contributed by atoms with Crippen molar-refractivity contribution in [2.24, 2.45) is 0 Å². The van der Waals surface area contributed by atoms with Crippen LogP contribution in [0.2, 0.25) is 0 Å². The van der Waals surface area contributed by atoms with Gasteiger partial charge in [-0.3, -0.25) is 14.9 Å². The molecule has 0 unspecified atom stereocenters. The molecule has 0 radical (unpaired) electrons. The molecule has 2 rings (SSSR count). The van der Waals surface area contributed by atoms with Crippen LogP contribution in [0.3, 0.4) is 0 Å². The van der Waals surface area contributed by atoms with Crippen LogP contribution in [0.4, 0.5) is 11.4 Å². The van der Waals surface area contributed by atoms with Crippen LogP contribution in [0, 0.1) is 10.1 Å². The van der Waals surface area contributed by atoms with Gasteiger partial charge in [-0.15, -0.1) is 0 Å². The summed E-state index contributed by atoms with van der Waals surface area (Å²) in [6.45, 7) is 1.33. The van der Waals surface area contributed by atoms with E-state index in [2.05, 4.69) is 5.32 Å². The number of esters is 1. The number of rotatable bonds is 5. The Balaban J connectivity index is 2.33. The first-order chi connectivity index (χ1) is 11.8. The van der Waals surface area contributed by atoms with Gasteiger partial charge in [0.05, 0.1) is 10.5 Å². The Labute approximate surface area is 141 Å². The number of hydrogen-bond donors (Lipinski definition) is 2. The zero-order valence-electron chi connectivity index (χ0n) is 12.9. The van der Waals surface area contributed by atoms with Gasteiger partial charge in [-0.05, 0) is 30.3 Å². The molecule has 0 saturated carbocycles. The lowest BCUT2D eigenvalue weighted by Crippen LogP contribution is -2.16. The van der Waals surface area contributed by atoms with Crippen LogP contribution in [-0.4, -0.2) is 27.9 Å². The highest BCUT2D eigenvalue weighted by Crippen LogP contribution is 2.25. The fourth-order valence-electron chi connectivity index (χ4n) is 2.05. The van der Waals surface area contributed by atoms with Gasteiger partial charge in [-0.1, -0.05) is 6.07 Å². The van der Waals surface area contributed by atoms with Crippen molar-refractivity contribution in [2.45, 2.75) is 6.92 Å². The van der Waals surface area contributed by atoms with E-state index in [1.807, 2.05) is 0 Å². The largest absolute Gasteiger partial charge is 0.478 e. The fraction of sp³-hybridized carbons (Fsp3) is 0.0625. The Morgan fingerprint density at radius 2 is 1.76 bits per heavy atom. The molecule has 9 heteroatoms. The van der Waals surface area contributed by atoms with E-state index in [9.17, 15) is 24.5 Å². The lowest BCUT2D eigenvalue weighted by molar-refractivity contribution is -0.385. The van der Waals surface area contributed by atoms with Crippen molar-refractivity contribution in [3.63, 3.8) is 0 Å². The van der Waals surface area contributed by atoms with Gasteiger partial charge in [0, 0.05) is 18.7 Å². The highest BCUT2D eigenvalue weighted by molar-refractivity contribution is 6.06. The number of nitro benzene ring substituents is 1. The number of nitrogens with zero attached hydrogens (tertiary/aromatic N) is 1. The van der Waals surface area contributed by atoms with Crippen LogP contribution in [0.5, 0.6) is 5.75 Å². The minimum atomic E-state index is -1.49. The van der Waals surface area contributed by atoms with Crippen molar-refractivity contribution in [3.8, 4) is 5.75 Å². The summed E-state index contributed by atoms with van der Waals surface area (Å²) in [5, 5.41) is 22.7. The minimum Gasteiger partial charge on any atom is -0.478 e. The number of nitro groups is 1. The first kappa shape index (κ1) is 17.6. The molecule has 1 amide bonds. The van der Waals surface area contributed by atoms with Crippen LogP contribution in [-0.2, 0) is 4.79 Å². The van der Waals surface area contributed by atoms with E-state index in [0.29, 0.717) is 5.69 Å². The normalized spacial score (nSPS) is 9.96. The standard InChI is InChI=1S/C16H12N2O7/c1-9(19)17-10-5-7-11(8-6-10)25-16(22)14-12(15(20)21)3-2-4-13(14)18(23)24/h2-8H,1H3,(H,17,19)(H,20,21). The molecule has 0 aliphatic heterocycles. The average molecular weight is 344 g/mol. The van der Waals surface area contributed by atoms with E-state index >= 15 is 0 Å². The zero-order chi connectivity index (χ0) is 18.6. The molecular weight excluding hydrogens is 332 g/mol. The molecule has 2 N–H and O–H groups in total. The van der Waals surface area contributed by atoms with Gasteiger partial charge < -0.3 is 15.2 Å². The molecule has 0 spiro atoms. The fourth-order valence-corrected chi connectivity index (χ4v) is 2.05. The van der Waals surface area contributed by atoms with Gasteiger partial charge in [0.25, 0.3) is 5.69 Å². The smallest absolute Gasteiger partial charge is 0.351 e. The average Bonchev–Trinajstić information content (AvgIpc) is 2.55. The van der Waals surface area contributed by atoms with E-state index in [0.717, 1.165) is 12.1 Å². The number of carboxylic acid groups (broad SMARTS) is 1. The van der Waals surface area contributed by atoms with Crippen molar-refractivity contribution >= 4 is 29.2 Å². The van der Waals surface area contributed by atoms with Gasteiger partial charge in [-0.25, -0.2) is 9.59 Å². The molecule has 128 valence electrons. The number of carbonyl (C=O) groups is 3. The van der Waals surface area contributed by atoms with Crippen molar-refractivity contribution < 1.29 is 29.2 Å². The minimum absolute atomic E-state index is 0.0357. The number of carbonyl (C=O) groups excluding carboxylic acids is 2. The van der Waals surface area contributed by atoms with Gasteiger partial charge in [0.1, 0.15) is 5.75 Å². The van der Waals surface area contributed by atoms with Gasteiger partial charge in [-0.2, -0.15) is 0 Å². The monoisotopic (exact) mass is 344 g/mol. The second-order valence-corrected chi connectivity index (χ2v) is 4.86. The zero-order valence-corrected chi connectivity index (χ0v) is 12.9. The summed E-state index contributed by atoms with van der Waals surface area (Å²) in [6, 6.07) is 8.90. The Kier molecular flexibility index (Phi) is 5.08. The van der Waals surface area contributed by atoms with Crippen LogP contribution in [0.25, 0.3) is 0 Å². The predicted molar refractivity (Wildman–Crippen MR) is 85.8 cm³/mol. The Bertz CT molecular complexity index is 827. The molecule has 0 atom stereocenters. The number of amides is 1. The molecule has 0 heterocycles. The maximum atomic E-state index is 12.3. The van der Waals surface area contributed by atoms with Crippen molar-refractivity contribution in [3.05, 3.63) is 63.7 Å². The summed E-state index contributed by atoms with van der Waals surface area (Å²) in [4.78, 5) is 44.7. The molecular formula is C16H12N2O7. The van der Waals surface area contributed by atoms with Crippen molar-refractivity contribution in [1.82, 2.24) is 0 Å². The molecule has 0 fully saturated rings. The molecule has 2 aromatic carbocycles. The third kappa shape index (κ3) is 4.16. The van der Waals surface area contributed by atoms with Gasteiger partial charge in [0.15, 0.2) is 5.56 Å². The Morgan fingerprint density at radius 1 is 1.12 bits per heavy atom. The van der Waals surface area contributed by atoms with Gasteiger partial charge >= 0.3 is 11.9 Å². The third-order valence-corrected chi connectivity index (χ3v) is 3.06. The first-order valence-electron chi connectivity index (χ1n) is 6.90. The number of anilines is 1. The molecule has 25 heavy (non-hydrogen) atoms.